The highest BCUT2D eigenvalue weighted by Gasteiger charge is 2.18. The van der Waals surface area contributed by atoms with Crippen molar-refractivity contribution in [2.75, 3.05) is 19.5 Å². The van der Waals surface area contributed by atoms with Crippen molar-refractivity contribution in [2.24, 2.45) is 11.5 Å². The van der Waals surface area contributed by atoms with Gasteiger partial charge in [-0.05, 0) is 42.3 Å². The zero-order valence-corrected chi connectivity index (χ0v) is 16.6. The number of carbonyl (C=O) groups excluding carboxylic acids is 1. The van der Waals surface area contributed by atoms with Gasteiger partial charge in [-0.15, -0.1) is 0 Å². The maximum atomic E-state index is 12.5. The highest BCUT2D eigenvalue weighted by molar-refractivity contribution is 5.95. The minimum absolute atomic E-state index is 0.229. The molecule has 0 fully saturated rings. The predicted octanol–water partition coefficient (Wildman–Crippen LogP) is 2.50. The van der Waals surface area contributed by atoms with Crippen LogP contribution in [0.5, 0.6) is 11.5 Å². The maximum Gasteiger partial charge on any atom is 0.255 e. The lowest BCUT2D eigenvalue weighted by atomic mass is 10.0. The van der Waals surface area contributed by atoms with Crippen LogP contribution in [0.3, 0.4) is 0 Å². The van der Waals surface area contributed by atoms with Gasteiger partial charge in [-0.3, -0.25) is 4.79 Å². The summed E-state index contributed by atoms with van der Waals surface area (Å²) in [5.41, 5.74) is 15.5. The maximum absolute atomic E-state index is 12.5. The van der Waals surface area contributed by atoms with Crippen molar-refractivity contribution in [3.8, 4) is 11.5 Å². The number of carbonyl (C=O) groups is 1. The van der Waals surface area contributed by atoms with E-state index in [1.807, 2.05) is 36.4 Å². The van der Waals surface area contributed by atoms with Crippen LogP contribution in [0.1, 0.15) is 22.3 Å². The Balaban J connectivity index is 1.61. The van der Waals surface area contributed by atoms with E-state index in [-0.39, 0.29) is 11.9 Å². The number of nitrogens with two attached hydrogens (primary N) is 2. The summed E-state index contributed by atoms with van der Waals surface area (Å²) >= 11 is 0. The number of amides is 1. The summed E-state index contributed by atoms with van der Waals surface area (Å²) in [7, 11) is 3.21. The predicted molar refractivity (Wildman–Crippen MR) is 114 cm³/mol. The van der Waals surface area contributed by atoms with Crippen molar-refractivity contribution in [3.63, 3.8) is 0 Å². The molecule has 7 heteroatoms. The lowest BCUT2D eigenvalue weighted by Crippen LogP contribution is -2.38. The van der Waals surface area contributed by atoms with Crippen LogP contribution >= 0.6 is 0 Å². The first-order chi connectivity index (χ1) is 14.0. The van der Waals surface area contributed by atoms with Gasteiger partial charge in [-0.2, -0.15) is 0 Å². The minimum Gasteiger partial charge on any atom is -0.493 e. The van der Waals surface area contributed by atoms with Gasteiger partial charge in [0.05, 0.1) is 31.7 Å². The molecule has 1 aliphatic carbocycles. The lowest BCUT2D eigenvalue weighted by Gasteiger charge is -2.20. The average molecular weight is 394 g/mol. The molecule has 0 aromatic heterocycles. The highest BCUT2D eigenvalue weighted by atomic mass is 16.5. The molecule has 1 amide bonds. The first kappa shape index (κ1) is 20.3. The van der Waals surface area contributed by atoms with E-state index in [4.69, 9.17) is 20.9 Å². The number of allylic oxidation sites excluding steroid dienone is 1. The molecular weight excluding hydrogens is 368 g/mol. The number of hydrogen-bond acceptors (Lipinski definition) is 6. The molecule has 3 rings (SSSR count). The van der Waals surface area contributed by atoms with E-state index in [0.29, 0.717) is 41.4 Å². The summed E-state index contributed by atoms with van der Waals surface area (Å²) in [6.07, 6.45) is 4.31. The number of rotatable bonds is 7. The molecule has 29 heavy (non-hydrogen) atoms. The van der Waals surface area contributed by atoms with E-state index in [1.54, 1.807) is 32.4 Å². The second kappa shape index (κ2) is 9.16. The molecule has 0 spiro atoms. The van der Waals surface area contributed by atoms with Crippen LogP contribution < -0.4 is 31.6 Å². The quantitative estimate of drug-likeness (QED) is 0.574. The van der Waals surface area contributed by atoms with E-state index in [2.05, 4.69) is 10.6 Å². The zero-order chi connectivity index (χ0) is 20.8. The summed E-state index contributed by atoms with van der Waals surface area (Å²) < 4.78 is 10.6. The molecule has 7 nitrogen and oxygen atoms in total. The first-order valence-corrected chi connectivity index (χ1v) is 9.29. The number of benzene rings is 2. The highest BCUT2D eigenvalue weighted by Crippen LogP contribution is 2.29. The Hall–Kier alpha value is -3.45. The van der Waals surface area contributed by atoms with Crippen molar-refractivity contribution in [1.82, 2.24) is 5.32 Å². The molecule has 6 N–H and O–H groups in total. The number of methoxy groups -OCH3 is 2. The molecule has 0 saturated carbocycles. The Morgan fingerprint density at radius 2 is 1.83 bits per heavy atom. The topological polar surface area (TPSA) is 112 Å². The minimum atomic E-state index is -0.297. The van der Waals surface area contributed by atoms with Gasteiger partial charge in [-0.1, -0.05) is 18.2 Å². The lowest BCUT2D eigenvalue weighted by molar-refractivity contribution is 0.0963. The van der Waals surface area contributed by atoms with Crippen molar-refractivity contribution in [3.05, 3.63) is 77.1 Å². The van der Waals surface area contributed by atoms with Crippen LogP contribution in [0, 0.1) is 0 Å². The van der Waals surface area contributed by atoms with Crippen molar-refractivity contribution >= 4 is 11.6 Å². The van der Waals surface area contributed by atoms with Crippen LogP contribution in [0.15, 0.2) is 66.0 Å². The third kappa shape index (κ3) is 4.89. The molecule has 1 atom stereocenters. The molecule has 0 bridgehead atoms. The number of ether oxygens (including phenoxy) is 2. The van der Waals surface area contributed by atoms with Crippen molar-refractivity contribution in [1.29, 1.82) is 0 Å². The Morgan fingerprint density at radius 3 is 2.48 bits per heavy atom. The summed E-state index contributed by atoms with van der Waals surface area (Å²) in [4.78, 5) is 12.5. The van der Waals surface area contributed by atoms with E-state index in [9.17, 15) is 4.79 Å². The molecular formula is C22H26N4O3. The molecule has 0 heterocycles. The Labute approximate surface area is 170 Å². The molecule has 2 aromatic carbocycles. The molecule has 0 saturated heterocycles. The smallest absolute Gasteiger partial charge is 0.255 e. The van der Waals surface area contributed by atoms with Crippen LogP contribution in [0.2, 0.25) is 0 Å². The van der Waals surface area contributed by atoms with Crippen LogP contribution in [-0.2, 0) is 6.54 Å². The van der Waals surface area contributed by atoms with E-state index in [0.717, 1.165) is 11.3 Å². The van der Waals surface area contributed by atoms with E-state index >= 15 is 0 Å². The van der Waals surface area contributed by atoms with Crippen LogP contribution in [-0.4, -0.2) is 26.2 Å². The van der Waals surface area contributed by atoms with Gasteiger partial charge < -0.3 is 31.6 Å². The molecule has 0 aliphatic heterocycles. The molecule has 1 aliphatic rings. The monoisotopic (exact) mass is 394 g/mol. The Kier molecular flexibility index (Phi) is 6.41. The molecule has 2 aromatic rings. The number of nitrogens with one attached hydrogen (secondary N) is 2. The molecule has 1 unspecified atom stereocenters. The molecule has 152 valence electrons. The summed E-state index contributed by atoms with van der Waals surface area (Å²) in [6.45, 7) is 0.602. The van der Waals surface area contributed by atoms with E-state index in [1.165, 1.54) is 0 Å². The van der Waals surface area contributed by atoms with Gasteiger partial charge >= 0.3 is 0 Å². The van der Waals surface area contributed by atoms with Gasteiger partial charge in [-0.25, -0.2) is 0 Å². The fraction of sp³-hybridized carbons (Fsp3) is 0.227. The number of hydrogen-bond donors (Lipinski definition) is 4. The van der Waals surface area contributed by atoms with Gasteiger partial charge in [0.1, 0.15) is 0 Å². The average Bonchev–Trinajstić information content (AvgIpc) is 2.75. The van der Waals surface area contributed by atoms with E-state index < -0.39 is 0 Å². The van der Waals surface area contributed by atoms with Crippen LogP contribution in [0.25, 0.3) is 0 Å². The van der Waals surface area contributed by atoms with Crippen molar-refractivity contribution in [2.45, 2.75) is 19.0 Å². The zero-order valence-electron chi connectivity index (χ0n) is 16.6. The molecule has 0 radical (unpaired) electrons. The normalized spacial score (nSPS) is 15.8. The van der Waals surface area contributed by atoms with Crippen molar-refractivity contribution < 1.29 is 14.3 Å². The van der Waals surface area contributed by atoms with Gasteiger partial charge in [0, 0.05) is 23.9 Å². The summed E-state index contributed by atoms with van der Waals surface area (Å²) in [5, 5.41) is 6.16. The first-order valence-electron chi connectivity index (χ1n) is 9.29. The van der Waals surface area contributed by atoms with Gasteiger partial charge in [0.2, 0.25) is 0 Å². The Morgan fingerprint density at radius 1 is 1.10 bits per heavy atom. The van der Waals surface area contributed by atoms with Gasteiger partial charge in [0.15, 0.2) is 11.5 Å². The largest absolute Gasteiger partial charge is 0.493 e. The SMILES string of the molecule is COc1ccc(NCc2ccc(C(=O)NC3=C(N)C=CCC3N)cc2)cc1OC. The standard InChI is InChI=1S/C22H26N4O3/c1-28-19-11-10-16(12-20(19)29-2)25-13-14-6-8-15(9-7-14)22(27)26-21-17(23)4-3-5-18(21)24/h3-4,6-12,18,25H,5,13,23-24H2,1-2H3,(H,26,27). The Bertz CT molecular complexity index is 936. The van der Waals surface area contributed by atoms with Crippen LogP contribution in [0.4, 0.5) is 5.69 Å². The number of anilines is 1. The summed E-state index contributed by atoms with van der Waals surface area (Å²) in [5.74, 6) is 1.11. The summed E-state index contributed by atoms with van der Waals surface area (Å²) in [6, 6.07) is 12.7. The fourth-order valence-corrected chi connectivity index (χ4v) is 3.05. The second-order valence-corrected chi connectivity index (χ2v) is 6.69. The third-order valence-electron chi connectivity index (χ3n) is 4.71. The van der Waals surface area contributed by atoms with Gasteiger partial charge in [0.25, 0.3) is 5.91 Å². The third-order valence-corrected chi connectivity index (χ3v) is 4.71. The fourth-order valence-electron chi connectivity index (χ4n) is 3.05. The second-order valence-electron chi connectivity index (χ2n) is 6.69.